The molecular weight excluding hydrogens is 492 g/mol. The zero-order valence-corrected chi connectivity index (χ0v) is 21.3. The first-order valence-electron chi connectivity index (χ1n) is 12.6. The molecule has 0 radical (unpaired) electrons. The van der Waals surface area contributed by atoms with Crippen molar-refractivity contribution in [1.82, 2.24) is 14.4 Å². The summed E-state index contributed by atoms with van der Waals surface area (Å²) in [5.74, 6) is -1.77. The highest BCUT2D eigenvalue weighted by atomic mass is 16.6. The number of carbonyl (C=O) groups is 3. The van der Waals surface area contributed by atoms with Gasteiger partial charge in [0.1, 0.15) is 0 Å². The topological polar surface area (TPSA) is 134 Å². The van der Waals surface area contributed by atoms with Crippen LogP contribution in [0.1, 0.15) is 29.5 Å². The Hall–Kier alpha value is -4.28. The molecule has 2 aromatic carbocycles. The van der Waals surface area contributed by atoms with E-state index in [0.29, 0.717) is 49.1 Å². The van der Waals surface area contributed by atoms with E-state index >= 15 is 0 Å². The number of likely N-dealkylation sites (tertiary alicyclic amines) is 1. The highest BCUT2D eigenvalue weighted by Crippen LogP contribution is 2.25. The molecule has 3 heterocycles. The predicted molar refractivity (Wildman–Crippen MR) is 138 cm³/mol. The number of aryl methyl sites for hydroxylation is 2. The number of ether oxygens (including phenoxy) is 1. The number of oxazole rings is 1. The summed E-state index contributed by atoms with van der Waals surface area (Å²) in [5, 5.41) is 12.7. The van der Waals surface area contributed by atoms with Crippen molar-refractivity contribution in [3.63, 3.8) is 0 Å². The summed E-state index contributed by atoms with van der Waals surface area (Å²) in [6.45, 7) is 3.10. The van der Waals surface area contributed by atoms with Crippen LogP contribution in [0.15, 0.2) is 45.6 Å². The number of hydrogen-bond donors (Lipinski definition) is 2. The fraction of sp³-hybridized carbons (Fsp3) is 0.407. The molecule has 11 nitrogen and oxygen atoms in total. The third-order valence-corrected chi connectivity index (χ3v) is 7.38. The van der Waals surface area contributed by atoms with E-state index in [1.165, 1.54) is 9.47 Å². The van der Waals surface area contributed by atoms with Crippen LogP contribution in [0, 0.1) is 6.92 Å². The lowest BCUT2D eigenvalue weighted by Crippen LogP contribution is -2.50. The second-order valence-electron chi connectivity index (χ2n) is 9.85. The normalized spacial score (nSPS) is 17.1. The van der Waals surface area contributed by atoms with Gasteiger partial charge in [0.05, 0.1) is 5.52 Å². The molecular formula is C27H30N4O7. The average Bonchev–Trinajstić information content (AvgIpc) is 3.07. The number of piperidine rings is 1. The lowest BCUT2D eigenvalue weighted by atomic mass is 10.0. The molecule has 0 aliphatic carbocycles. The Balaban J connectivity index is 1.20. The van der Waals surface area contributed by atoms with E-state index in [9.17, 15) is 24.3 Å². The van der Waals surface area contributed by atoms with Crippen LogP contribution in [0.5, 0.6) is 0 Å². The van der Waals surface area contributed by atoms with Crippen LogP contribution >= 0.6 is 0 Å². The lowest BCUT2D eigenvalue weighted by Gasteiger charge is -2.37. The number of aromatic nitrogens is 1. The molecule has 2 N–H and O–H groups in total. The van der Waals surface area contributed by atoms with Gasteiger partial charge in [-0.15, -0.1) is 0 Å². The average molecular weight is 523 g/mol. The van der Waals surface area contributed by atoms with Crippen molar-refractivity contribution >= 4 is 34.9 Å². The third-order valence-electron chi connectivity index (χ3n) is 7.38. The number of rotatable bonds is 5. The second kappa shape index (κ2) is 10.2. The molecule has 5 rings (SSSR count). The first-order chi connectivity index (χ1) is 18.2. The minimum Gasteiger partial charge on any atom is -0.478 e. The summed E-state index contributed by atoms with van der Waals surface area (Å²) in [7, 11) is 1.60. The van der Waals surface area contributed by atoms with Crippen LogP contribution in [0.3, 0.4) is 0 Å². The standard InChI is InChI=1S/C27H30N4O7/c1-16-13-17(14-21-23(16)29(2)26(35)37-21)15-22(24(32)33)38-27(36)30-10-8-19(9-11-30)31-12-7-18-5-3-4-6-20(18)28-25(31)34/h3-6,13-14,19,22H,7-12,15H2,1-2H3,(H,28,34)(H,32,33). The van der Waals surface area contributed by atoms with Crippen molar-refractivity contribution in [3.05, 3.63) is 63.6 Å². The molecule has 1 atom stereocenters. The minimum atomic E-state index is -1.40. The van der Waals surface area contributed by atoms with Crippen LogP contribution in [0.25, 0.3) is 11.1 Å². The van der Waals surface area contributed by atoms with Gasteiger partial charge < -0.3 is 29.4 Å². The van der Waals surface area contributed by atoms with Gasteiger partial charge >= 0.3 is 23.8 Å². The van der Waals surface area contributed by atoms with Gasteiger partial charge in [-0.05, 0) is 55.0 Å². The number of carbonyl (C=O) groups excluding carboxylic acids is 2. The lowest BCUT2D eigenvalue weighted by molar-refractivity contribution is -0.147. The largest absolute Gasteiger partial charge is 0.478 e. The summed E-state index contributed by atoms with van der Waals surface area (Å²) >= 11 is 0. The quantitative estimate of drug-likeness (QED) is 0.526. The Morgan fingerprint density at radius 2 is 1.89 bits per heavy atom. The zero-order chi connectivity index (χ0) is 27.0. The van der Waals surface area contributed by atoms with Gasteiger partial charge in [-0.2, -0.15) is 0 Å². The van der Waals surface area contributed by atoms with Crippen molar-refractivity contribution < 1.29 is 28.6 Å². The SMILES string of the molecule is Cc1cc(CC(OC(=O)N2CCC(N3CCc4ccccc4NC3=O)CC2)C(=O)O)cc2oc(=O)n(C)c12. The number of urea groups is 1. The van der Waals surface area contributed by atoms with E-state index < -0.39 is 23.9 Å². The van der Waals surface area contributed by atoms with Gasteiger partial charge in [-0.25, -0.2) is 19.2 Å². The molecule has 1 aromatic heterocycles. The predicted octanol–water partition coefficient (Wildman–Crippen LogP) is 3.13. The summed E-state index contributed by atoms with van der Waals surface area (Å²) in [6.07, 6.45) is -0.287. The number of aliphatic carboxylic acids is 1. The number of carboxylic acids is 1. The smallest absolute Gasteiger partial charge is 0.419 e. The third kappa shape index (κ3) is 4.96. The number of hydrogen-bond acceptors (Lipinski definition) is 6. The molecule has 2 aliphatic heterocycles. The first-order valence-corrected chi connectivity index (χ1v) is 12.6. The summed E-state index contributed by atoms with van der Waals surface area (Å²) in [4.78, 5) is 52.8. The molecule has 3 amide bonds. The number of fused-ring (bicyclic) bond motifs is 2. The van der Waals surface area contributed by atoms with Gasteiger partial charge in [0, 0.05) is 44.8 Å². The van der Waals surface area contributed by atoms with E-state index in [1.54, 1.807) is 26.1 Å². The van der Waals surface area contributed by atoms with Gasteiger partial charge in [0.15, 0.2) is 5.58 Å². The summed E-state index contributed by atoms with van der Waals surface area (Å²) < 4.78 is 12.0. The number of carboxylic acid groups (broad SMARTS) is 1. The molecule has 1 saturated heterocycles. The van der Waals surface area contributed by atoms with Crippen molar-refractivity contribution in [2.24, 2.45) is 7.05 Å². The van der Waals surface area contributed by atoms with Crippen LogP contribution in [0.4, 0.5) is 15.3 Å². The monoisotopic (exact) mass is 522 g/mol. The Bertz CT molecular complexity index is 1450. The molecule has 0 spiro atoms. The fourth-order valence-electron chi connectivity index (χ4n) is 5.39. The second-order valence-corrected chi connectivity index (χ2v) is 9.85. The molecule has 1 unspecified atom stereocenters. The maximum Gasteiger partial charge on any atom is 0.419 e. The number of benzene rings is 2. The number of nitrogens with zero attached hydrogens (tertiary/aromatic N) is 3. The molecule has 2 aliphatic rings. The summed E-state index contributed by atoms with van der Waals surface area (Å²) in [6, 6.07) is 10.9. The van der Waals surface area contributed by atoms with Gasteiger partial charge in [-0.1, -0.05) is 24.3 Å². The number of anilines is 1. The molecule has 38 heavy (non-hydrogen) atoms. The van der Waals surface area contributed by atoms with Gasteiger partial charge in [-0.3, -0.25) is 4.57 Å². The van der Waals surface area contributed by atoms with Crippen molar-refractivity contribution in [1.29, 1.82) is 0 Å². The molecule has 11 heteroatoms. The van der Waals surface area contributed by atoms with E-state index in [-0.39, 0.29) is 18.5 Å². The molecule has 0 bridgehead atoms. The highest BCUT2D eigenvalue weighted by Gasteiger charge is 2.33. The van der Waals surface area contributed by atoms with E-state index in [1.807, 2.05) is 29.2 Å². The van der Waals surface area contributed by atoms with Gasteiger partial charge in [0.25, 0.3) is 0 Å². The van der Waals surface area contributed by atoms with Crippen LogP contribution < -0.4 is 11.1 Å². The number of nitrogens with one attached hydrogen (secondary N) is 1. The Morgan fingerprint density at radius 3 is 2.63 bits per heavy atom. The number of para-hydroxylation sites is 1. The Labute approximate surface area is 218 Å². The van der Waals surface area contributed by atoms with Crippen LogP contribution in [0.2, 0.25) is 0 Å². The van der Waals surface area contributed by atoms with E-state index in [0.717, 1.165) is 23.2 Å². The van der Waals surface area contributed by atoms with Crippen molar-refractivity contribution in [2.45, 2.75) is 44.8 Å². The zero-order valence-electron chi connectivity index (χ0n) is 21.3. The Kier molecular flexibility index (Phi) is 6.83. The first kappa shape index (κ1) is 25.4. The van der Waals surface area contributed by atoms with Crippen LogP contribution in [-0.4, -0.2) is 69.3 Å². The minimum absolute atomic E-state index is 0.0288. The summed E-state index contributed by atoms with van der Waals surface area (Å²) in [5.41, 5.74) is 4.23. The highest BCUT2D eigenvalue weighted by molar-refractivity contribution is 5.91. The van der Waals surface area contributed by atoms with E-state index in [2.05, 4.69) is 5.32 Å². The van der Waals surface area contributed by atoms with Crippen molar-refractivity contribution in [3.8, 4) is 0 Å². The van der Waals surface area contributed by atoms with E-state index in [4.69, 9.17) is 9.15 Å². The molecule has 3 aromatic rings. The molecule has 0 saturated carbocycles. The number of amides is 3. The maximum atomic E-state index is 12.9. The maximum absolute atomic E-state index is 12.9. The van der Waals surface area contributed by atoms with Gasteiger partial charge in [0.2, 0.25) is 6.10 Å². The molecule has 200 valence electrons. The molecule has 1 fully saturated rings. The fourth-order valence-corrected chi connectivity index (χ4v) is 5.39. The van der Waals surface area contributed by atoms with Crippen LogP contribution in [-0.2, 0) is 29.4 Å². The van der Waals surface area contributed by atoms with Crippen molar-refractivity contribution in [2.75, 3.05) is 25.0 Å². The Morgan fingerprint density at radius 1 is 1.16 bits per heavy atom.